The number of aliphatic hydroxyl groups is 1. The van der Waals surface area contributed by atoms with Crippen molar-refractivity contribution in [1.29, 1.82) is 0 Å². The molecule has 0 bridgehead atoms. The van der Waals surface area contributed by atoms with Crippen molar-refractivity contribution in [2.45, 2.75) is 31.2 Å². The summed E-state index contributed by atoms with van der Waals surface area (Å²) < 4.78 is 6.84. The molecule has 0 fully saturated rings. The second-order valence-corrected chi connectivity index (χ2v) is 7.10. The third kappa shape index (κ3) is 4.60. The van der Waals surface area contributed by atoms with E-state index in [2.05, 4.69) is 49.4 Å². The van der Waals surface area contributed by atoms with Crippen LogP contribution in [0.4, 0.5) is 0 Å². The molecular weight excluding hydrogens is 315 g/mol. The predicted molar refractivity (Wildman–Crippen MR) is 85.9 cm³/mol. The summed E-state index contributed by atoms with van der Waals surface area (Å²) in [5.41, 5.74) is 0. The van der Waals surface area contributed by atoms with Crippen LogP contribution in [0.3, 0.4) is 0 Å². The van der Waals surface area contributed by atoms with Crippen molar-refractivity contribution < 1.29 is 9.84 Å². The molecule has 0 aliphatic rings. The van der Waals surface area contributed by atoms with Gasteiger partial charge in [-0.15, -0.1) is 0 Å². The topological polar surface area (TPSA) is 29.5 Å². The molecule has 0 spiro atoms. The summed E-state index contributed by atoms with van der Waals surface area (Å²) in [6.07, 6.45) is 1.86. The summed E-state index contributed by atoms with van der Waals surface area (Å²) in [5.74, 6) is 0. The van der Waals surface area contributed by atoms with E-state index in [-0.39, 0.29) is 21.1 Å². The average Bonchev–Trinajstić information content (AvgIpc) is 2.49. The Morgan fingerprint density at radius 2 is 1.95 bits per heavy atom. The zero-order chi connectivity index (χ0) is 14.2. The van der Waals surface area contributed by atoms with Crippen LogP contribution in [0.15, 0.2) is 42.5 Å². The molecule has 1 N–H and O–H groups in total. The van der Waals surface area contributed by atoms with Crippen LogP contribution in [-0.2, 0) is 4.74 Å². The molecule has 0 aromatic heterocycles. The monoisotopic (exact) mass is 338 g/mol. The normalized spacial score (nSPS) is 12.7. The minimum absolute atomic E-state index is 0.286. The first kappa shape index (κ1) is 15.5. The van der Waals surface area contributed by atoms with Crippen LogP contribution in [0.5, 0.6) is 0 Å². The third-order valence-corrected chi connectivity index (χ3v) is 5.69. The summed E-state index contributed by atoms with van der Waals surface area (Å²) >= 11 is 0.286. The molecule has 0 saturated heterocycles. The fourth-order valence-electron chi connectivity index (χ4n) is 2.02. The van der Waals surface area contributed by atoms with Gasteiger partial charge in [-0.05, 0) is 0 Å². The van der Waals surface area contributed by atoms with E-state index in [1.54, 1.807) is 0 Å². The Morgan fingerprint density at radius 3 is 2.80 bits per heavy atom. The Balaban J connectivity index is 1.86. The van der Waals surface area contributed by atoms with Crippen molar-refractivity contribution in [3.8, 4) is 0 Å². The molecule has 0 aliphatic heterocycles. The molecule has 108 valence electrons. The van der Waals surface area contributed by atoms with Crippen LogP contribution >= 0.6 is 0 Å². The molecule has 3 heteroatoms. The molecule has 0 radical (unpaired) electrons. The Morgan fingerprint density at radius 1 is 1.15 bits per heavy atom. The van der Waals surface area contributed by atoms with E-state index in [0.717, 1.165) is 24.8 Å². The van der Waals surface area contributed by atoms with E-state index in [0.29, 0.717) is 6.61 Å². The number of rotatable bonds is 8. The molecule has 2 aromatic rings. The van der Waals surface area contributed by atoms with E-state index < -0.39 is 0 Å². The molecule has 2 rings (SSSR count). The fourth-order valence-corrected chi connectivity index (χ4v) is 4.09. The molecule has 2 aromatic carbocycles. The third-order valence-electron chi connectivity index (χ3n) is 3.13. The zero-order valence-corrected chi connectivity index (χ0v) is 13.6. The second-order valence-electron chi connectivity index (χ2n) is 4.87. The van der Waals surface area contributed by atoms with Crippen molar-refractivity contribution in [2.75, 3.05) is 13.2 Å². The summed E-state index contributed by atoms with van der Waals surface area (Å²) in [7, 11) is 0. The van der Waals surface area contributed by atoms with Crippen LogP contribution in [0.1, 0.15) is 19.8 Å². The molecule has 0 amide bonds. The first-order chi connectivity index (χ1) is 9.81. The average molecular weight is 337 g/mol. The number of unbranched alkanes of at least 4 members (excludes halogenated alkanes) is 1. The van der Waals surface area contributed by atoms with Crippen molar-refractivity contribution in [1.82, 2.24) is 0 Å². The molecule has 1 atom stereocenters. The number of ether oxygens (including phenoxy) is 1. The molecule has 20 heavy (non-hydrogen) atoms. The van der Waals surface area contributed by atoms with Crippen LogP contribution in [0.25, 0.3) is 10.8 Å². The van der Waals surface area contributed by atoms with Crippen molar-refractivity contribution in [3.63, 3.8) is 0 Å². The Labute approximate surface area is 127 Å². The van der Waals surface area contributed by atoms with Gasteiger partial charge >= 0.3 is 127 Å². The minimum atomic E-state index is -0.342. The SMILES string of the molecule is CCCCOCC(O)C[Se]c1cccc2ccccc12. The van der Waals surface area contributed by atoms with Gasteiger partial charge in [-0.3, -0.25) is 0 Å². The van der Waals surface area contributed by atoms with Gasteiger partial charge in [0.15, 0.2) is 0 Å². The van der Waals surface area contributed by atoms with Gasteiger partial charge < -0.3 is 0 Å². The van der Waals surface area contributed by atoms with Gasteiger partial charge in [-0.2, -0.15) is 0 Å². The predicted octanol–water partition coefficient (Wildman–Crippen LogP) is 2.77. The Hall–Kier alpha value is -0.861. The number of hydrogen-bond acceptors (Lipinski definition) is 2. The number of benzene rings is 2. The van der Waals surface area contributed by atoms with E-state index in [1.165, 1.54) is 15.2 Å². The van der Waals surface area contributed by atoms with Gasteiger partial charge in [-0.25, -0.2) is 0 Å². The summed E-state index contributed by atoms with van der Waals surface area (Å²) in [6, 6.07) is 14.9. The van der Waals surface area contributed by atoms with Gasteiger partial charge in [-0.1, -0.05) is 0 Å². The van der Waals surface area contributed by atoms with E-state index in [4.69, 9.17) is 4.74 Å². The summed E-state index contributed by atoms with van der Waals surface area (Å²) in [6.45, 7) is 3.37. The van der Waals surface area contributed by atoms with Crippen LogP contribution in [0.2, 0.25) is 5.32 Å². The van der Waals surface area contributed by atoms with Crippen LogP contribution < -0.4 is 4.46 Å². The maximum absolute atomic E-state index is 9.97. The van der Waals surface area contributed by atoms with Gasteiger partial charge in [0.2, 0.25) is 0 Å². The molecule has 0 heterocycles. The summed E-state index contributed by atoms with van der Waals surface area (Å²) in [4.78, 5) is 0. The van der Waals surface area contributed by atoms with Crippen LogP contribution in [0, 0.1) is 0 Å². The fraction of sp³-hybridized carbons (Fsp3) is 0.412. The Kier molecular flexibility index (Phi) is 6.55. The van der Waals surface area contributed by atoms with E-state index in [9.17, 15) is 5.11 Å². The quantitative estimate of drug-likeness (QED) is 0.593. The molecule has 1 unspecified atom stereocenters. The second kappa shape index (κ2) is 8.43. The first-order valence-electron chi connectivity index (χ1n) is 7.17. The first-order valence-corrected chi connectivity index (χ1v) is 9.24. The van der Waals surface area contributed by atoms with Crippen molar-refractivity contribution in [2.24, 2.45) is 0 Å². The van der Waals surface area contributed by atoms with Gasteiger partial charge in [0.25, 0.3) is 0 Å². The maximum atomic E-state index is 9.97. The molecular formula is C17H22O2Se. The van der Waals surface area contributed by atoms with Gasteiger partial charge in [0.1, 0.15) is 0 Å². The van der Waals surface area contributed by atoms with Crippen molar-refractivity contribution >= 4 is 30.2 Å². The standard InChI is InChI=1S/C17H22O2Se/c1-2-3-11-19-12-15(18)13-20-17-10-6-8-14-7-4-5-9-16(14)17/h4-10,15,18H,2-3,11-13H2,1H3. The summed E-state index contributed by atoms with van der Waals surface area (Å²) in [5, 5.41) is 13.4. The molecule has 0 aliphatic carbocycles. The van der Waals surface area contributed by atoms with Crippen molar-refractivity contribution in [3.05, 3.63) is 42.5 Å². The van der Waals surface area contributed by atoms with E-state index in [1.807, 2.05) is 0 Å². The number of hydrogen-bond donors (Lipinski definition) is 1. The number of aliphatic hydroxyl groups excluding tert-OH is 1. The zero-order valence-electron chi connectivity index (χ0n) is 11.9. The van der Waals surface area contributed by atoms with Gasteiger partial charge in [0, 0.05) is 0 Å². The molecule has 0 saturated carbocycles. The number of fused-ring (bicyclic) bond motifs is 1. The van der Waals surface area contributed by atoms with Crippen LogP contribution in [-0.4, -0.2) is 39.4 Å². The Bertz CT molecular complexity index is 522. The van der Waals surface area contributed by atoms with Gasteiger partial charge in [0.05, 0.1) is 0 Å². The molecule has 2 nitrogen and oxygen atoms in total. The van der Waals surface area contributed by atoms with E-state index >= 15 is 0 Å².